The van der Waals surface area contributed by atoms with E-state index in [1.165, 1.54) is 11.1 Å². The summed E-state index contributed by atoms with van der Waals surface area (Å²) in [5, 5.41) is 9.37. The van der Waals surface area contributed by atoms with Crippen molar-refractivity contribution < 1.29 is 9.84 Å². The summed E-state index contributed by atoms with van der Waals surface area (Å²) < 4.78 is 5.94. The van der Waals surface area contributed by atoms with Gasteiger partial charge in [-0.1, -0.05) is 55.8 Å². The Morgan fingerprint density at radius 3 is 2.12 bits per heavy atom. The molecule has 0 aromatic heterocycles. The van der Waals surface area contributed by atoms with Gasteiger partial charge in [0.25, 0.3) is 0 Å². The molecule has 124 valence electrons. The fourth-order valence-corrected chi connectivity index (χ4v) is 3.33. The van der Waals surface area contributed by atoms with Gasteiger partial charge in [-0.3, -0.25) is 0 Å². The Morgan fingerprint density at radius 2 is 1.54 bits per heavy atom. The van der Waals surface area contributed by atoms with Crippen LogP contribution in [0, 0.1) is 5.41 Å². The topological polar surface area (TPSA) is 29.5 Å². The highest BCUT2D eigenvalue weighted by molar-refractivity contribution is 5.64. The van der Waals surface area contributed by atoms with E-state index in [0.29, 0.717) is 6.61 Å². The van der Waals surface area contributed by atoms with E-state index in [1.807, 2.05) is 36.4 Å². The largest absolute Gasteiger partial charge is 0.508 e. The standard InChI is InChI=1S/C22H24O2/c1-16-12-17(14-22(2,3)13-16)15-24-21-10-6-19(7-11-21)18-4-8-20(23)9-5-18/h4-12,14,23H,13,15H2,1-3H3. The van der Waals surface area contributed by atoms with E-state index in [1.54, 1.807) is 12.1 Å². The second-order valence-corrected chi connectivity index (χ2v) is 7.24. The average molecular weight is 320 g/mol. The zero-order chi connectivity index (χ0) is 17.2. The second kappa shape index (κ2) is 6.56. The first-order valence-corrected chi connectivity index (χ1v) is 8.32. The molecular weight excluding hydrogens is 296 g/mol. The van der Waals surface area contributed by atoms with Crippen molar-refractivity contribution in [3.8, 4) is 22.6 Å². The van der Waals surface area contributed by atoms with Crippen molar-refractivity contribution in [3.63, 3.8) is 0 Å². The van der Waals surface area contributed by atoms with E-state index >= 15 is 0 Å². The molecular formula is C22H24O2. The molecule has 24 heavy (non-hydrogen) atoms. The number of phenolic OH excluding ortho intramolecular Hbond substituents is 1. The maximum Gasteiger partial charge on any atom is 0.119 e. The van der Waals surface area contributed by atoms with E-state index in [-0.39, 0.29) is 11.2 Å². The van der Waals surface area contributed by atoms with Crippen LogP contribution >= 0.6 is 0 Å². The monoisotopic (exact) mass is 320 g/mol. The maximum absolute atomic E-state index is 9.37. The summed E-state index contributed by atoms with van der Waals surface area (Å²) in [5.41, 5.74) is 5.04. The maximum atomic E-state index is 9.37. The molecule has 0 fully saturated rings. The molecule has 0 saturated carbocycles. The molecule has 0 atom stereocenters. The van der Waals surface area contributed by atoms with Gasteiger partial charge >= 0.3 is 0 Å². The van der Waals surface area contributed by atoms with E-state index in [4.69, 9.17) is 4.74 Å². The molecule has 0 radical (unpaired) electrons. The van der Waals surface area contributed by atoms with Crippen molar-refractivity contribution in [2.24, 2.45) is 5.41 Å². The quantitative estimate of drug-likeness (QED) is 0.778. The van der Waals surface area contributed by atoms with Crippen LogP contribution in [-0.2, 0) is 0 Å². The smallest absolute Gasteiger partial charge is 0.119 e. The van der Waals surface area contributed by atoms with E-state index in [0.717, 1.165) is 23.3 Å². The predicted octanol–water partition coefficient (Wildman–Crippen LogP) is 5.74. The van der Waals surface area contributed by atoms with Crippen LogP contribution in [-0.4, -0.2) is 11.7 Å². The number of phenols is 1. The van der Waals surface area contributed by atoms with Crippen LogP contribution in [0.1, 0.15) is 27.2 Å². The summed E-state index contributed by atoms with van der Waals surface area (Å²) in [6.07, 6.45) is 5.65. The molecule has 1 N–H and O–H groups in total. The van der Waals surface area contributed by atoms with Crippen LogP contribution in [0.15, 0.2) is 71.8 Å². The number of hydrogen-bond donors (Lipinski definition) is 1. The van der Waals surface area contributed by atoms with Crippen LogP contribution in [0.5, 0.6) is 11.5 Å². The molecule has 2 nitrogen and oxygen atoms in total. The fraction of sp³-hybridized carbons (Fsp3) is 0.273. The Balaban J connectivity index is 1.67. The Kier molecular flexibility index (Phi) is 4.48. The van der Waals surface area contributed by atoms with Crippen LogP contribution in [0.3, 0.4) is 0 Å². The highest BCUT2D eigenvalue weighted by atomic mass is 16.5. The minimum atomic E-state index is 0.209. The van der Waals surface area contributed by atoms with E-state index in [2.05, 4.69) is 32.9 Å². The summed E-state index contributed by atoms with van der Waals surface area (Å²) in [7, 11) is 0. The fourth-order valence-electron chi connectivity index (χ4n) is 3.33. The Bertz CT molecular complexity index is 763. The molecule has 0 bridgehead atoms. The molecule has 0 unspecified atom stereocenters. The van der Waals surface area contributed by atoms with E-state index < -0.39 is 0 Å². The first-order valence-electron chi connectivity index (χ1n) is 8.32. The van der Waals surface area contributed by atoms with Gasteiger partial charge in [-0.25, -0.2) is 0 Å². The first-order chi connectivity index (χ1) is 11.4. The molecule has 0 spiro atoms. The van der Waals surface area contributed by atoms with Crippen LogP contribution in [0.4, 0.5) is 0 Å². The summed E-state index contributed by atoms with van der Waals surface area (Å²) in [4.78, 5) is 0. The molecule has 0 amide bonds. The Labute approximate surface area is 144 Å². The first kappa shape index (κ1) is 16.4. The van der Waals surface area contributed by atoms with Crippen molar-refractivity contribution in [2.75, 3.05) is 6.61 Å². The molecule has 3 rings (SSSR count). The number of aromatic hydroxyl groups is 1. The Hall–Kier alpha value is -2.48. The zero-order valence-electron chi connectivity index (χ0n) is 14.5. The van der Waals surface area contributed by atoms with Crippen molar-refractivity contribution in [1.29, 1.82) is 0 Å². The zero-order valence-corrected chi connectivity index (χ0v) is 14.5. The lowest BCUT2D eigenvalue weighted by Crippen LogP contribution is -2.15. The predicted molar refractivity (Wildman–Crippen MR) is 99.3 cm³/mol. The summed E-state index contributed by atoms with van der Waals surface area (Å²) in [6, 6.07) is 15.3. The summed E-state index contributed by atoms with van der Waals surface area (Å²) in [6.45, 7) is 7.30. The van der Waals surface area contributed by atoms with Crippen molar-refractivity contribution >= 4 is 0 Å². The van der Waals surface area contributed by atoms with Crippen molar-refractivity contribution in [2.45, 2.75) is 27.2 Å². The van der Waals surface area contributed by atoms with Crippen molar-refractivity contribution in [3.05, 3.63) is 71.8 Å². The number of ether oxygens (including phenoxy) is 1. The minimum Gasteiger partial charge on any atom is -0.508 e. The van der Waals surface area contributed by atoms with Gasteiger partial charge in [-0.05, 0) is 59.7 Å². The SMILES string of the molecule is CC1=CC(COc2ccc(-c3ccc(O)cc3)cc2)=CC(C)(C)C1. The summed E-state index contributed by atoms with van der Waals surface area (Å²) >= 11 is 0. The Morgan fingerprint density at radius 1 is 0.958 bits per heavy atom. The number of rotatable bonds is 4. The molecule has 2 heteroatoms. The molecule has 2 aromatic rings. The van der Waals surface area contributed by atoms with Gasteiger partial charge in [0, 0.05) is 0 Å². The lowest BCUT2D eigenvalue weighted by Gasteiger charge is -2.26. The second-order valence-electron chi connectivity index (χ2n) is 7.24. The van der Waals surface area contributed by atoms with Gasteiger partial charge in [0.2, 0.25) is 0 Å². The van der Waals surface area contributed by atoms with Gasteiger partial charge in [0.15, 0.2) is 0 Å². The normalized spacial score (nSPS) is 16.3. The molecule has 1 aliphatic carbocycles. The molecule has 0 heterocycles. The minimum absolute atomic E-state index is 0.209. The number of allylic oxidation sites excluding steroid dienone is 2. The third kappa shape index (κ3) is 4.08. The highest BCUT2D eigenvalue weighted by Crippen LogP contribution is 2.33. The lowest BCUT2D eigenvalue weighted by molar-refractivity contribution is 0.348. The van der Waals surface area contributed by atoms with Crippen LogP contribution in [0.25, 0.3) is 11.1 Å². The molecule has 1 aliphatic rings. The average Bonchev–Trinajstić information content (AvgIpc) is 2.52. The van der Waals surface area contributed by atoms with Gasteiger partial charge in [0.1, 0.15) is 18.1 Å². The molecule has 0 aliphatic heterocycles. The molecule has 0 saturated heterocycles. The summed E-state index contributed by atoms with van der Waals surface area (Å²) in [5.74, 6) is 1.15. The molecule has 2 aromatic carbocycles. The lowest BCUT2D eigenvalue weighted by atomic mass is 9.80. The number of benzene rings is 2. The highest BCUT2D eigenvalue weighted by Gasteiger charge is 2.20. The van der Waals surface area contributed by atoms with Gasteiger partial charge in [-0.15, -0.1) is 0 Å². The van der Waals surface area contributed by atoms with Crippen molar-refractivity contribution in [1.82, 2.24) is 0 Å². The van der Waals surface area contributed by atoms with Gasteiger partial charge < -0.3 is 9.84 Å². The van der Waals surface area contributed by atoms with Crippen LogP contribution < -0.4 is 4.74 Å². The van der Waals surface area contributed by atoms with Gasteiger partial charge in [-0.2, -0.15) is 0 Å². The third-order valence-corrected chi connectivity index (χ3v) is 4.20. The number of hydrogen-bond acceptors (Lipinski definition) is 2. The van der Waals surface area contributed by atoms with Crippen LogP contribution in [0.2, 0.25) is 0 Å². The third-order valence-electron chi connectivity index (χ3n) is 4.20. The van der Waals surface area contributed by atoms with Gasteiger partial charge in [0.05, 0.1) is 0 Å². The van der Waals surface area contributed by atoms with E-state index in [9.17, 15) is 5.11 Å².